The Bertz CT molecular complexity index is 836. The smallest absolute Gasteiger partial charge is 0.169 e. The number of dihydropyridines is 1. The molecule has 4 aliphatic rings. The van der Waals surface area contributed by atoms with Gasteiger partial charge in [-0.3, -0.25) is 9.89 Å². The number of ether oxygens (including phenoxy) is 2. The van der Waals surface area contributed by atoms with Crippen molar-refractivity contribution < 1.29 is 13.9 Å². The van der Waals surface area contributed by atoms with E-state index in [1.54, 1.807) is 26.6 Å². The summed E-state index contributed by atoms with van der Waals surface area (Å²) in [5, 5.41) is 13.3. The first kappa shape index (κ1) is 22.1. The minimum absolute atomic E-state index is 0.122. The van der Waals surface area contributed by atoms with Crippen LogP contribution in [0.25, 0.3) is 0 Å². The van der Waals surface area contributed by atoms with Gasteiger partial charge in [0, 0.05) is 57.4 Å². The second-order valence-corrected chi connectivity index (χ2v) is 8.51. The van der Waals surface area contributed by atoms with Crippen LogP contribution in [0.15, 0.2) is 50.9 Å². The third-order valence-corrected chi connectivity index (χ3v) is 6.16. The summed E-state index contributed by atoms with van der Waals surface area (Å²) in [4.78, 5) is 6.80. The number of halogens is 2. The number of allylic oxidation sites excluding steroid dienone is 2. The van der Waals surface area contributed by atoms with Gasteiger partial charge < -0.3 is 30.7 Å². The molecule has 0 aromatic rings. The third-order valence-electron chi connectivity index (χ3n) is 5.95. The molecular weight excluding hydrogens is 423 g/mol. The summed E-state index contributed by atoms with van der Waals surface area (Å²) in [6.45, 7) is 3.50. The molecule has 4 aliphatic heterocycles. The van der Waals surface area contributed by atoms with Crippen molar-refractivity contribution in [2.75, 3.05) is 46.9 Å². The molecule has 0 aliphatic carbocycles. The summed E-state index contributed by atoms with van der Waals surface area (Å²) in [5.41, 5.74) is 1.84. The third kappa shape index (κ3) is 5.23. The molecule has 0 saturated carbocycles. The van der Waals surface area contributed by atoms with Crippen molar-refractivity contribution in [1.82, 2.24) is 26.2 Å². The van der Waals surface area contributed by atoms with Crippen molar-refractivity contribution in [3.63, 3.8) is 0 Å². The highest BCUT2D eigenvalue weighted by Crippen LogP contribution is 2.28. The molecular formula is C21H30ClFN6O2. The molecule has 10 heteroatoms. The second kappa shape index (κ2) is 10.0. The quantitative estimate of drug-likeness (QED) is 0.435. The van der Waals surface area contributed by atoms with Gasteiger partial charge in [0.15, 0.2) is 12.1 Å². The monoisotopic (exact) mass is 452 g/mol. The zero-order chi connectivity index (χ0) is 21.8. The highest BCUT2D eigenvalue weighted by molar-refractivity contribution is 6.31. The Hall–Kier alpha value is -2.07. The molecule has 0 amide bonds. The molecule has 1 unspecified atom stereocenters. The zero-order valence-corrected chi connectivity index (χ0v) is 18.6. The van der Waals surface area contributed by atoms with Crippen LogP contribution in [0.3, 0.4) is 0 Å². The van der Waals surface area contributed by atoms with E-state index in [2.05, 4.69) is 31.2 Å². The van der Waals surface area contributed by atoms with Gasteiger partial charge >= 0.3 is 0 Å². The van der Waals surface area contributed by atoms with E-state index in [1.807, 2.05) is 6.08 Å². The number of hydrogen-bond donors (Lipinski definition) is 4. The van der Waals surface area contributed by atoms with E-state index < -0.39 is 0 Å². The van der Waals surface area contributed by atoms with Crippen molar-refractivity contribution in [3.05, 3.63) is 45.9 Å². The van der Waals surface area contributed by atoms with Crippen LogP contribution in [-0.2, 0) is 9.47 Å². The lowest BCUT2D eigenvalue weighted by Crippen LogP contribution is -2.46. The van der Waals surface area contributed by atoms with Crippen LogP contribution in [-0.4, -0.2) is 70.5 Å². The standard InChI is InChI=1S/C21H30ClFN6O2/c1-30-18(31-2)12-29-5-3-4-13(11-29)7-24-21-17(23)10-27-20(28-21)16-9-26-19-15(16)6-14(22)8-25-19/h6,8-9,13,18-19,24-25,27-28H,3-5,7,10-12H2,1-2H3/t13-,19?/m0/s1. The van der Waals surface area contributed by atoms with Crippen molar-refractivity contribution >= 4 is 17.8 Å². The lowest BCUT2D eigenvalue weighted by atomic mass is 9.98. The minimum Gasteiger partial charge on any atom is -0.369 e. The lowest BCUT2D eigenvalue weighted by Gasteiger charge is -2.35. The fraction of sp³-hybridized carbons (Fsp3) is 0.571. The Labute approximate surface area is 187 Å². The average molecular weight is 453 g/mol. The van der Waals surface area contributed by atoms with Gasteiger partial charge in [-0.1, -0.05) is 11.6 Å². The van der Waals surface area contributed by atoms with Crippen molar-refractivity contribution in [3.8, 4) is 0 Å². The zero-order valence-electron chi connectivity index (χ0n) is 17.9. The van der Waals surface area contributed by atoms with E-state index in [0.717, 1.165) is 49.4 Å². The molecule has 4 heterocycles. The number of nitrogens with one attached hydrogen (secondary N) is 4. The van der Waals surface area contributed by atoms with Gasteiger partial charge in [-0.05, 0) is 31.4 Å². The van der Waals surface area contributed by atoms with Crippen LogP contribution in [0.4, 0.5) is 4.39 Å². The topological polar surface area (TPSA) is 82.2 Å². The Morgan fingerprint density at radius 3 is 3.03 bits per heavy atom. The predicted octanol–water partition coefficient (Wildman–Crippen LogP) is 1.47. The molecule has 0 aromatic heterocycles. The molecule has 1 fully saturated rings. The van der Waals surface area contributed by atoms with Gasteiger partial charge in [0.25, 0.3) is 0 Å². The van der Waals surface area contributed by atoms with Gasteiger partial charge in [-0.15, -0.1) is 0 Å². The van der Waals surface area contributed by atoms with E-state index in [0.29, 0.717) is 23.3 Å². The fourth-order valence-corrected chi connectivity index (χ4v) is 4.46. The first-order valence-corrected chi connectivity index (χ1v) is 11.0. The lowest BCUT2D eigenvalue weighted by molar-refractivity contribution is -0.119. The molecule has 2 atom stereocenters. The molecule has 31 heavy (non-hydrogen) atoms. The van der Waals surface area contributed by atoms with Gasteiger partial charge in [0.1, 0.15) is 17.8 Å². The maximum Gasteiger partial charge on any atom is 0.169 e. The van der Waals surface area contributed by atoms with Crippen molar-refractivity contribution in [2.24, 2.45) is 10.9 Å². The Morgan fingerprint density at radius 2 is 2.23 bits per heavy atom. The first-order valence-electron chi connectivity index (χ1n) is 10.6. The second-order valence-electron chi connectivity index (χ2n) is 8.07. The fourth-order valence-electron chi connectivity index (χ4n) is 4.28. The van der Waals surface area contributed by atoms with Crippen LogP contribution in [0.1, 0.15) is 12.8 Å². The number of hydrogen-bond acceptors (Lipinski definition) is 8. The van der Waals surface area contributed by atoms with Gasteiger partial charge in [-0.25, -0.2) is 4.39 Å². The summed E-state index contributed by atoms with van der Waals surface area (Å²) >= 11 is 6.14. The van der Waals surface area contributed by atoms with E-state index in [4.69, 9.17) is 21.1 Å². The van der Waals surface area contributed by atoms with E-state index in [1.165, 1.54) is 0 Å². The maximum absolute atomic E-state index is 14.5. The van der Waals surface area contributed by atoms with Crippen molar-refractivity contribution in [2.45, 2.75) is 25.3 Å². The van der Waals surface area contributed by atoms with Gasteiger partial charge in [0.2, 0.25) is 0 Å². The summed E-state index contributed by atoms with van der Waals surface area (Å²) in [6.07, 6.45) is 7.22. The average Bonchev–Trinajstić information content (AvgIpc) is 3.20. The number of aliphatic imine (C=N–C) groups is 1. The molecule has 170 valence electrons. The molecule has 0 bridgehead atoms. The van der Waals surface area contributed by atoms with E-state index in [9.17, 15) is 4.39 Å². The first-order chi connectivity index (χ1) is 15.1. The predicted molar refractivity (Wildman–Crippen MR) is 119 cm³/mol. The summed E-state index contributed by atoms with van der Waals surface area (Å²) in [6, 6.07) is 0. The number of methoxy groups -OCH3 is 2. The Kier molecular flexibility index (Phi) is 7.16. The molecule has 8 nitrogen and oxygen atoms in total. The van der Waals surface area contributed by atoms with E-state index in [-0.39, 0.29) is 24.8 Å². The molecule has 4 rings (SSSR count). The molecule has 1 saturated heterocycles. The van der Waals surface area contributed by atoms with Crippen LogP contribution >= 0.6 is 11.6 Å². The molecule has 4 N–H and O–H groups in total. The number of rotatable bonds is 7. The van der Waals surface area contributed by atoms with Crippen LogP contribution in [0.2, 0.25) is 0 Å². The Morgan fingerprint density at radius 1 is 1.39 bits per heavy atom. The SMILES string of the molecule is COC(CN1CCC[C@@H](CNC2=C(F)CNC(=C3C=NC4NC=C(Cl)C=C34)N2)C1)OC. The molecule has 0 spiro atoms. The number of likely N-dealkylation sites (tertiary alicyclic amines) is 1. The van der Waals surface area contributed by atoms with Crippen LogP contribution in [0.5, 0.6) is 0 Å². The highest BCUT2D eigenvalue weighted by Gasteiger charge is 2.29. The number of piperidine rings is 1. The maximum atomic E-state index is 14.5. The summed E-state index contributed by atoms with van der Waals surface area (Å²) in [7, 11) is 3.31. The number of fused-ring (bicyclic) bond motifs is 1. The van der Waals surface area contributed by atoms with E-state index >= 15 is 0 Å². The molecule has 0 aromatic carbocycles. The minimum atomic E-state index is -0.240. The van der Waals surface area contributed by atoms with Gasteiger partial charge in [-0.2, -0.15) is 0 Å². The highest BCUT2D eigenvalue weighted by atomic mass is 35.5. The Balaban J connectivity index is 1.37. The summed E-state index contributed by atoms with van der Waals surface area (Å²) < 4.78 is 25.2. The normalized spacial score (nSPS) is 28.5. The van der Waals surface area contributed by atoms with Crippen LogP contribution < -0.4 is 21.3 Å². The molecule has 0 radical (unpaired) electrons. The summed E-state index contributed by atoms with van der Waals surface area (Å²) in [5.74, 6) is 1.31. The largest absolute Gasteiger partial charge is 0.369 e. The van der Waals surface area contributed by atoms with Crippen molar-refractivity contribution in [1.29, 1.82) is 0 Å². The van der Waals surface area contributed by atoms with Gasteiger partial charge in [0.05, 0.1) is 11.6 Å². The van der Waals surface area contributed by atoms with Crippen LogP contribution in [0, 0.1) is 5.92 Å². The number of nitrogens with zero attached hydrogens (tertiary/aromatic N) is 2.